The molecule has 0 aliphatic rings. The van der Waals surface area contributed by atoms with E-state index in [9.17, 15) is 0 Å². The van der Waals surface area contributed by atoms with E-state index >= 15 is 0 Å². The topological polar surface area (TPSA) is 9.23 Å². The molecule has 1 rings (SSSR count). The highest BCUT2D eigenvalue weighted by Crippen LogP contribution is 2.30. The van der Waals surface area contributed by atoms with Crippen molar-refractivity contribution < 1.29 is 4.74 Å². The zero-order valence-electron chi connectivity index (χ0n) is 11.6. The van der Waals surface area contributed by atoms with Gasteiger partial charge in [0.2, 0.25) is 0 Å². The van der Waals surface area contributed by atoms with E-state index in [1.165, 1.54) is 16.7 Å². The molecule has 0 spiro atoms. The Morgan fingerprint density at radius 1 is 0.875 bits per heavy atom. The third kappa shape index (κ3) is 2.85. The highest BCUT2D eigenvalue weighted by atomic mass is 16.5. The zero-order valence-corrected chi connectivity index (χ0v) is 11.6. The Hall–Kier alpha value is -0.820. The van der Waals surface area contributed by atoms with Crippen LogP contribution in [0.2, 0.25) is 0 Å². The molecule has 0 aliphatic heterocycles. The molecule has 0 saturated carbocycles. The van der Waals surface area contributed by atoms with E-state index in [1.54, 1.807) is 7.11 Å². The lowest BCUT2D eigenvalue weighted by Crippen LogP contribution is -2.21. The van der Waals surface area contributed by atoms with Crippen LogP contribution in [-0.2, 0) is 15.8 Å². The fraction of sp³-hybridized carbons (Fsp3) is 0.600. The number of benzene rings is 1. The quantitative estimate of drug-likeness (QED) is 0.726. The third-order valence-corrected chi connectivity index (χ3v) is 3.15. The first-order chi connectivity index (χ1) is 7.16. The third-order valence-electron chi connectivity index (χ3n) is 3.15. The van der Waals surface area contributed by atoms with E-state index in [0.29, 0.717) is 0 Å². The lowest BCUT2D eigenvalue weighted by atomic mass is 9.83. The average Bonchev–Trinajstić information content (AvgIpc) is 2.15. The van der Waals surface area contributed by atoms with Crippen molar-refractivity contribution in [3.05, 3.63) is 34.9 Å². The van der Waals surface area contributed by atoms with Crippen LogP contribution in [0.15, 0.2) is 18.2 Å². The van der Waals surface area contributed by atoms with Gasteiger partial charge in [-0.15, -0.1) is 0 Å². The van der Waals surface area contributed by atoms with Crippen LogP contribution in [0.5, 0.6) is 0 Å². The molecule has 0 unspecified atom stereocenters. The van der Waals surface area contributed by atoms with Crippen LogP contribution in [0.25, 0.3) is 0 Å². The maximum atomic E-state index is 5.55. The number of rotatable bonds is 2. The van der Waals surface area contributed by atoms with Gasteiger partial charge in [-0.3, -0.25) is 0 Å². The van der Waals surface area contributed by atoms with Crippen LogP contribution in [0.4, 0.5) is 0 Å². The summed E-state index contributed by atoms with van der Waals surface area (Å²) in [5.74, 6) is 0. The lowest BCUT2D eigenvalue weighted by Gasteiger charge is -2.27. The second-order valence-corrected chi connectivity index (χ2v) is 6.05. The zero-order chi connectivity index (χ0) is 12.6. The SMILES string of the molecule is COC(C)(C)c1cc(C)cc(C(C)(C)C)c1. The number of aryl methyl sites for hydroxylation is 1. The molecule has 0 saturated heterocycles. The van der Waals surface area contributed by atoms with Gasteiger partial charge in [0.25, 0.3) is 0 Å². The van der Waals surface area contributed by atoms with Crippen molar-refractivity contribution in [2.45, 2.75) is 52.6 Å². The number of hydrogen-bond donors (Lipinski definition) is 0. The van der Waals surface area contributed by atoms with Crippen LogP contribution in [0.1, 0.15) is 51.3 Å². The van der Waals surface area contributed by atoms with Crippen LogP contribution >= 0.6 is 0 Å². The van der Waals surface area contributed by atoms with E-state index in [4.69, 9.17) is 4.74 Å². The van der Waals surface area contributed by atoms with E-state index in [2.05, 4.69) is 59.7 Å². The molecule has 16 heavy (non-hydrogen) atoms. The second kappa shape index (κ2) is 4.21. The number of methoxy groups -OCH3 is 1. The van der Waals surface area contributed by atoms with Gasteiger partial charge in [-0.1, -0.05) is 44.5 Å². The van der Waals surface area contributed by atoms with Crippen molar-refractivity contribution in [2.75, 3.05) is 7.11 Å². The fourth-order valence-corrected chi connectivity index (χ4v) is 1.68. The highest BCUT2D eigenvalue weighted by molar-refractivity contribution is 5.36. The molecule has 1 aromatic carbocycles. The Morgan fingerprint density at radius 2 is 1.38 bits per heavy atom. The van der Waals surface area contributed by atoms with Crippen LogP contribution in [0, 0.1) is 6.92 Å². The molecule has 0 heterocycles. The summed E-state index contributed by atoms with van der Waals surface area (Å²) in [6.07, 6.45) is 0. The van der Waals surface area contributed by atoms with Crippen molar-refractivity contribution in [1.29, 1.82) is 0 Å². The molecule has 1 heteroatoms. The highest BCUT2D eigenvalue weighted by Gasteiger charge is 2.22. The summed E-state index contributed by atoms with van der Waals surface area (Å²) in [4.78, 5) is 0. The Labute approximate surface area is 99.8 Å². The van der Waals surface area contributed by atoms with Gasteiger partial charge in [-0.05, 0) is 37.3 Å². The second-order valence-electron chi connectivity index (χ2n) is 6.05. The van der Waals surface area contributed by atoms with Gasteiger partial charge in [-0.25, -0.2) is 0 Å². The molecule has 1 nitrogen and oxygen atoms in total. The van der Waals surface area contributed by atoms with Gasteiger partial charge in [-0.2, -0.15) is 0 Å². The van der Waals surface area contributed by atoms with E-state index in [1.807, 2.05) is 0 Å². The minimum absolute atomic E-state index is 0.185. The minimum Gasteiger partial charge on any atom is -0.374 e. The molecule has 0 aromatic heterocycles. The first-order valence-corrected chi connectivity index (χ1v) is 5.84. The predicted octanol–water partition coefficient (Wildman–Crippen LogP) is 4.17. The molecule has 0 bridgehead atoms. The Morgan fingerprint density at radius 3 is 1.81 bits per heavy atom. The van der Waals surface area contributed by atoms with Crippen molar-refractivity contribution >= 4 is 0 Å². The van der Waals surface area contributed by atoms with E-state index < -0.39 is 0 Å². The van der Waals surface area contributed by atoms with Crippen LogP contribution < -0.4 is 0 Å². The Balaban J connectivity index is 3.29. The van der Waals surface area contributed by atoms with Gasteiger partial charge in [0.1, 0.15) is 0 Å². The molecule has 90 valence electrons. The molecule has 0 fully saturated rings. The fourth-order valence-electron chi connectivity index (χ4n) is 1.68. The molecule has 0 atom stereocenters. The summed E-state index contributed by atoms with van der Waals surface area (Å²) in [5, 5.41) is 0. The van der Waals surface area contributed by atoms with E-state index in [0.717, 1.165) is 0 Å². The molecule has 0 aliphatic carbocycles. The monoisotopic (exact) mass is 220 g/mol. The standard InChI is InChI=1S/C15H24O/c1-11-8-12(14(2,3)4)10-13(9-11)15(5,6)16-7/h8-10H,1-7H3. The summed E-state index contributed by atoms with van der Waals surface area (Å²) < 4.78 is 5.55. The smallest absolute Gasteiger partial charge is 0.0871 e. The van der Waals surface area contributed by atoms with Crippen molar-refractivity contribution in [1.82, 2.24) is 0 Å². The van der Waals surface area contributed by atoms with Crippen molar-refractivity contribution in [3.8, 4) is 0 Å². The van der Waals surface area contributed by atoms with Crippen LogP contribution in [-0.4, -0.2) is 7.11 Å². The summed E-state index contributed by atoms with van der Waals surface area (Å²) in [5.41, 5.74) is 3.89. The molecular formula is C15H24O. The number of ether oxygens (including phenoxy) is 1. The van der Waals surface area contributed by atoms with Gasteiger partial charge in [0.15, 0.2) is 0 Å². The summed E-state index contributed by atoms with van der Waals surface area (Å²) in [6, 6.07) is 6.73. The lowest BCUT2D eigenvalue weighted by molar-refractivity contribution is 0.0191. The van der Waals surface area contributed by atoms with Gasteiger partial charge >= 0.3 is 0 Å². The van der Waals surface area contributed by atoms with Crippen molar-refractivity contribution in [3.63, 3.8) is 0 Å². The first kappa shape index (κ1) is 13.2. The van der Waals surface area contributed by atoms with Crippen LogP contribution in [0.3, 0.4) is 0 Å². The average molecular weight is 220 g/mol. The summed E-state index contributed by atoms with van der Waals surface area (Å²) >= 11 is 0. The number of hydrogen-bond acceptors (Lipinski definition) is 1. The van der Waals surface area contributed by atoms with Crippen molar-refractivity contribution in [2.24, 2.45) is 0 Å². The van der Waals surface area contributed by atoms with Gasteiger partial charge in [0.05, 0.1) is 5.60 Å². The maximum absolute atomic E-state index is 5.55. The summed E-state index contributed by atoms with van der Waals surface area (Å²) in [7, 11) is 1.76. The first-order valence-electron chi connectivity index (χ1n) is 5.84. The molecular weight excluding hydrogens is 196 g/mol. The largest absolute Gasteiger partial charge is 0.374 e. The predicted molar refractivity (Wildman–Crippen MR) is 69.9 cm³/mol. The normalized spacial score (nSPS) is 12.9. The van der Waals surface area contributed by atoms with E-state index in [-0.39, 0.29) is 11.0 Å². The summed E-state index contributed by atoms with van der Waals surface area (Å²) in [6.45, 7) is 13.1. The minimum atomic E-state index is -0.216. The molecule has 0 amide bonds. The molecule has 1 aromatic rings. The van der Waals surface area contributed by atoms with Gasteiger partial charge < -0.3 is 4.74 Å². The maximum Gasteiger partial charge on any atom is 0.0871 e. The molecule has 0 N–H and O–H groups in total. The molecule has 0 radical (unpaired) electrons. The Kier molecular flexibility index (Phi) is 3.49. The van der Waals surface area contributed by atoms with Gasteiger partial charge in [0, 0.05) is 7.11 Å². The Bertz CT molecular complexity index is 370.